The second-order valence-corrected chi connectivity index (χ2v) is 7.98. The van der Waals surface area contributed by atoms with Crippen LogP contribution in [0.1, 0.15) is 43.7 Å². The van der Waals surface area contributed by atoms with Gasteiger partial charge in [-0.05, 0) is 49.6 Å². The molecule has 0 radical (unpaired) electrons. The average molecular weight is 429 g/mol. The monoisotopic (exact) mass is 427 g/mol. The number of hydrogen-bond acceptors (Lipinski definition) is 3. The summed E-state index contributed by atoms with van der Waals surface area (Å²) in [5, 5.41) is 5.29. The Kier molecular flexibility index (Phi) is 7.54. The Morgan fingerprint density at radius 3 is 2.48 bits per heavy atom. The third kappa shape index (κ3) is 5.68. The second-order valence-electron chi connectivity index (χ2n) is 6.72. The van der Waals surface area contributed by atoms with E-state index >= 15 is 0 Å². The van der Waals surface area contributed by atoms with Crippen LogP contribution < -0.4 is 14.8 Å². The summed E-state index contributed by atoms with van der Waals surface area (Å²) < 4.78 is 11.7. The smallest absolute Gasteiger partial charge is 0.180 e. The predicted octanol–water partition coefficient (Wildman–Crippen LogP) is 6.66. The zero-order valence-corrected chi connectivity index (χ0v) is 17.6. The number of ether oxygens (including phenoxy) is 2. The fraction of sp³-hybridized carbons (Fsp3) is 0.429. The van der Waals surface area contributed by atoms with Crippen molar-refractivity contribution in [2.75, 3.05) is 6.61 Å². The minimum atomic E-state index is 0.287. The van der Waals surface area contributed by atoms with Crippen LogP contribution >= 0.6 is 34.8 Å². The van der Waals surface area contributed by atoms with Crippen LogP contribution in [0, 0.1) is 0 Å². The van der Waals surface area contributed by atoms with Gasteiger partial charge in [-0.1, -0.05) is 53.7 Å². The molecule has 1 N–H and O–H groups in total. The molecule has 1 aliphatic rings. The lowest BCUT2D eigenvalue weighted by atomic mass is 10.1. The number of nitrogens with one attached hydrogen (secondary N) is 1. The molecule has 0 bridgehead atoms. The molecular formula is C21H24Cl3NO2. The SMILES string of the molecule is CCOc1cc(CNC2CCCC2)cc(Cl)c1OCc1ccc(Cl)cc1Cl. The lowest BCUT2D eigenvalue weighted by Crippen LogP contribution is -2.25. The van der Waals surface area contributed by atoms with Gasteiger partial charge in [0, 0.05) is 28.2 Å². The normalized spacial score (nSPS) is 14.5. The van der Waals surface area contributed by atoms with Crippen molar-refractivity contribution in [1.82, 2.24) is 5.32 Å². The van der Waals surface area contributed by atoms with Crippen LogP contribution in [0.4, 0.5) is 0 Å². The van der Waals surface area contributed by atoms with E-state index in [-0.39, 0.29) is 6.61 Å². The van der Waals surface area contributed by atoms with Gasteiger partial charge in [0.15, 0.2) is 11.5 Å². The first-order valence-corrected chi connectivity index (χ1v) is 10.5. The second kappa shape index (κ2) is 9.88. The summed E-state index contributed by atoms with van der Waals surface area (Å²) in [7, 11) is 0. The molecule has 2 aromatic rings. The summed E-state index contributed by atoms with van der Waals surface area (Å²) in [5.74, 6) is 1.19. The third-order valence-corrected chi connectivity index (χ3v) is 5.57. The van der Waals surface area contributed by atoms with Crippen LogP contribution in [-0.2, 0) is 13.2 Å². The maximum atomic E-state index is 6.51. The van der Waals surface area contributed by atoms with E-state index in [9.17, 15) is 0 Å². The van der Waals surface area contributed by atoms with Crippen LogP contribution in [0.15, 0.2) is 30.3 Å². The Labute approximate surface area is 175 Å². The molecule has 27 heavy (non-hydrogen) atoms. The maximum Gasteiger partial charge on any atom is 0.180 e. The molecule has 6 heteroatoms. The van der Waals surface area contributed by atoms with Crippen molar-refractivity contribution in [2.45, 2.75) is 51.8 Å². The summed E-state index contributed by atoms with van der Waals surface area (Å²) in [4.78, 5) is 0. The minimum Gasteiger partial charge on any atom is -0.490 e. The van der Waals surface area contributed by atoms with E-state index in [0.29, 0.717) is 39.2 Å². The van der Waals surface area contributed by atoms with Crippen molar-refractivity contribution in [3.8, 4) is 11.5 Å². The van der Waals surface area contributed by atoms with Gasteiger partial charge in [0.2, 0.25) is 0 Å². The summed E-state index contributed by atoms with van der Waals surface area (Å²) in [6.45, 7) is 3.54. The van der Waals surface area contributed by atoms with Gasteiger partial charge in [0.05, 0.1) is 11.6 Å². The summed E-state index contributed by atoms with van der Waals surface area (Å²) in [6.07, 6.45) is 5.11. The van der Waals surface area contributed by atoms with Crippen molar-refractivity contribution >= 4 is 34.8 Å². The fourth-order valence-corrected chi connectivity index (χ4v) is 4.06. The molecule has 0 unspecified atom stereocenters. The highest BCUT2D eigenvalue weighted by atomic mass is 35.5. The van der Waals surface area contributed by atoms with Crippen molar-refractivity contribution in [1.29, 1.82) is 0 Å². The molecule has 0 aliphatic heterocycles. The van der Waals surface area contributed by atoms with Gasteiger partial charge in [0.25, 0.3) is 0 Å². The Morgan fingerprint density at radius 2 is 1.78 bits per heavy atom. The lowest BCUT2D eigenvalue weighted by molar-refractivity contribution is 0.269. The van der Waals surface area contributed by atoms with E-state index in [1.165, 1.54) is 25.7 Å². The molecule has 3 rings (SSSR count). The molecule has 1 fully saturated rings. The number of hydrogen-bond donors (Lipinski definition) is 1. The van der Waals surface area contributed by atoms with E-state index in [0.717, 1.165) is 17.7 Å². The molecule has 1 aliphatic carbocycles. The Bertz CT molecular complexity index is 776. The number of halogens is 3. The van der Waals surface area contributed by atoms with Crippen molar-refractivity contribution in [2.24, 2.45) is 0 Å². The lowest BCUT2D eigenvalue weighted by Gasteiger charge is -2.17. The Morgan fingerprint density at radius 1 is 1.00 bits per heavy atom. The molecule has 0 aromatic heterocycles. The first-order chi connectivity index (χ1) is 13.1. The minimum absolute atomic E-state index is 0.287. The zero-order valence-electron chi connectivity index (χ0n) is 15.4. The highest BCUT2D eigenvalue weighted by Crippen LogP contribution is 2.38. The largest absolute Gasteiger partial charge is 0.490 e. The molecule has 2 aromatic carbocycles. The van der Waals surface area contributed by atoms with Gasteiger partial charge in [0.1, 0.15) is 6.61 Å². The molecule has 0 saturated heterocycles. The van der Waals surface area contributed by atoms with E-state index in [2.05, 4.69) is 5.32 Å². The van der Waals surface area contributed by atoms with Crippen molar-refractivity contribution in [3.63, 3.8) is 0 Å². The number of benzene rings is 2. The van der Waals surface area contributed by atoms with Crippen LogP contribution in [0.3, 0.4) is 0 Å². The quantitative estimate of drug-likeness (QED) is 0.510. The van der Waals surface area contributed by atoms with Gasteiger partial charge >= 0.3 is 0 Å². The molecule has 0 atom stereocenters. The Hall–Kier alpha value is -1.13. The molecule has 0 amide bonds. The predicted molar refractivity (Wildman–Crippen MR) is 113 cm³/mol. The average Bonchev–Trinajstić information content (AvgIpc) is 3.14. The summed E-state index contributed by atoms with van der Waals surface area (Å²) in [6, 6.07) is 9.86. The molecule has 0 heterocycles. The van der Waals surface area contributed by atoms with Gasteiger partial charge in [-0.15, -0.1) is 0 Å². The van der Waals surface area contributed by atoms with Crippen LogP contribution in [0.2, 0.25) is 15.1 Å². The van der Waals surface area contributed by atoms with E-state index in [1.54, 1.807) is 12.1 Å². The van der Waals surface area contributed by atoms with Crippen molar-refractivity contribution in [3.05, 3.63) is 56.5 Å². The first kappa shape index (κ1) is 20.6. The van der Waals surface area contributed by atoms with Crippen LogP contribution in [0.5, 0.6) is 11.5 Å². The first-order valence-electron chi connectivity index (χ1n) is 9.32. The third-order valence-electron chi connectivity index (χ3n) is 4.71. The molecule has 3 nitrogen and oxygen atoms in total. The topological polar surface area (TPSA) is 30.5 Å². The standard InChI is InChI=1S/C21H24Cl3NO2/c1-2-26-20-10-14(12-25-17-5-3-4-6-17)9-19(24)21(20)27-13-15-7-8-16(22)11-18(15)23/h7-11,17,25H,2-6,12-13H2,1H3. The van der Waals surface area contributed by atoms with Gasteiger partial charge in [-0.2, -0.15) is 0 Å². The zero-order chi connectivity index (χ0) is 19.2. The van der Waals surface area contributed by atoms with Gasteiger partial charge < -0.3 is 14.8 Å². The van der Waals surface area contributed by atoms with Gasteiger partial charge in [-0.3, -0.25) is 0 Å². The summed E-state index contributed by atoms with van der Waals surface area (Å²) >= 11 is 18.7. The van der Waals surface area contributed by atoms with Crippen LogP contribution in [-0.4, -0.2) is 12.6 Å². The highest BCUT2D eigenvalue weighted by Gasteiger charge is 2.17. The van der Waals surface area contributed by atoms with Gasteiger partial charge in [-0.25, -0.2) is 0 Å². The van der Waals surface area contributed by atoms with Crippen LogP contribution in [0.25, 0.3) is 0 Å². The van der Waals surface area contributed by atoms with Crippen molar-refractivity contribution < 1.29 is 9.47 Å². The summed E-state index contributed by atoms with van der Waals surface area (Å²) in [5.41, 5.74) is 1.93. The van der Waals surface area contributed by atoms with E-state index in [1.807, 2.05) is 25.1 Å². The maximum absolute atomic E-state index is 6.51. The Balaban J connectivity index is 1.72. The number of rotatable bonds is 8. The molecular weight excluding hydrogens is 405 g/mol. The highest BCUT2D eigenvalue weighted by molar-refractivity contribution is 6.35. The fourth-order valence-electron chi connectivity index (χ4n) is 3.31. The molecule has 0 spiro atoms. The van der Waals surface area contributed by atoms with E-state index in [4.69, 9.17) is 44.3 Å². The molecule has 1 saturated carbocycles. The molecule has 146 valence electrons. The van der Waals surface area contributed by atoms with E-state index < -0.39 is 0 Å².